The highest BCUT2D eigenvalue weighted by molar-refractivity contribution is 6.32. The van der Waals surface area contributed by atoms with Gasteiger partial charge in [0.05, 0.1) is 29.1 Å². The third-order valence-electron chi connectivity index (χ3n) is 4.71. The fourth-order valence-corrected chi connectivity index (χ4v) is 3.39. The van der Waals surface area contributed by atoms with Crippen molar-refractivity contribution in [1.82, 2.24) is 4.57 Å². The predicted molar refractivity (Wildman–Crippen MR) is 107 cm³/mol. The third-order valence-corrected chi connectivity index (χ3v) is 5.00. The van der Waals surface area contributed by atoms with E-state index in [4.69, 9.17) is 31.5 Å². The number of nitrogen functional groups attached to an aromatic ring is 1. The summed E-state index contributed by atoms with van der Waals surface area (Å²) < 4.78 is 18.9. The minimum absolute atomic E-state index is 0.0418. The van der Waals surface area contributed by atoms with Crippen LogP contribution in [-0.2, 0) is 4.74 Å². The lowest BCUT2D eigenvalue weighted by molar-refractivity contribution is 0.172. The van der Waals surface area contributed by atoms with Crippen molar-refractivity contribution in [2.24, 2.45) is 5.92 Å². The zero-order valence-electron chi connectivity index (χ0n) is 15.8. The molecule has 1 aliphatic heterocycles. The maximum Gasteiger partial charge on any atom is 0.205 e. The lowest BCUT2D eigenvalue weighted by Gasteiger charge is -2.24. The Labute approximate surface area is 163 Å². The van der Waals surface area contributed by atoms with Crippen molar-refractivity contribution >= 4 is 17.3 Å². The normalized spacial score (nSPS) is 15.7. The van der Waals surface area contributed by atoms with E-state index in [0.29, 0.717) is 42.3 Å². The van der Waals surface area contributed by atoms with Gasteiger partial charge in [-0.2, -0.15) is 0 Å². The highest BCUT2D eigenvalue weighted by Gasteiger charge is 2.26. The van der Waals surface area contributed by atoms with Crippen molar-refractivity contribution < 1.29 is 14.2 Å². The van der Waals surface area contributed by atoms with Crippen molar-refractivity contribution in [3.05, 3.63) is 39.6 Å². The molecule has 1 aromatic carbocycles. The first-order chi connectivity index (χ1) is 12.9. The van der Waals surface area contributed by atoms with E-state index in [1.807, 2.05) is 4.57 Å². The van der Waals surface area contributed by atoms with Crippen LogP contribution in [0.3, 0.4) is 0 Å². The summed E-state index contributed by atoms with van der Waals surface area (Å²) in [4.78, 5) is 12.2. The van der Waals surface area contributed by atoms with Crippen molar-refractivity contribution in [2.75, 3.05) is 32.7 Å². The average Bonchev–Trinajstić information content (AvgIpc) is 2.76. The number of ether oxygens (including phenoxy) is 3. The largest absolute Gasteiger partial charge is 0.492 e. The summed E-state index contributed by atoms with van der Waals surface area (Å²) in [6, 6.07) is 5.17. The van der Waals surface area contributed by atoms with Crippen LogP contribution in [0.5, 0.6) is 11.5 Å². The molecule has 0 aliphatic carbocycles. The fourth-order valence-electron chi connectivity index (χ4n) is 3.18. The van der Waals surface area contributed by atoms with Crippen molar-refractivity contribution in [1.29, 1.82) is 0 Å². The number of benzene rings is 1. The maximum atomic E-state index is 12.2. The molecule has 7 heteroatoms. The minimum Gasteiger partial charge on any atom is -0.492 e. The van der Waals surface area contributed by atoms with Crippen molar-refractivity contribution in [3.8, 4) is 22.8 Å². The Morgan fingerprint density at radius 1 is 1.33 bits per heavy atom. The zero-order chi connectivity index (χ0) is 19.6. The van der Waals surface area contributed by atoms with E-state index in [1.54, 1.807) is 31.5 Å². The lowest BCUT2D eigenvalue weighted by Crippen LogP contribution is -2.24. The molecule has 27 heavy (non-hydrogen) atoms. The van der Waals surface area contributed by atoms with Gasteiger partial charge in [-0.3, -0.25) is 4.79 Å². The molecular weight excluding hydrogens is 368 g/mol. The topological polar surface area (TPSA) is 75.7 Å². The molecule has 2 N–H and O–H groups in total. The second-order valence-electron chi connectivity index (χ2n) is 6.98. The van der Waals surface area contributed by atoms with E-state index >= 15 is 0 Å². The summed E-state index contributed by atoms with van der Waals surface area (Å²) >= 11 is 6.44. The molecule has 0 fully saturated rings. The van der Waals surface area contributed by atoms with Crippen LogP contribution in [0.4, 0.5) is 5.69 Å². The molecule has 0 amide bonds. The van der Waals surface area contributed by atoms with Gasteiger partial charge in [-0.05, 0) is 12.0 Å². The van der Waals surface area contributed by atoms with Gasteiger partial charge < -0.3 is 24.5 Å². The number of anilines is 1. The highest BCUT2D eigenvalue weighted by Crippen LogP contribution is 2.42. The molecular formula is C20H25ClN2O4. The highest BCUT2D eigenvalue weighted by atomic mass is 35.5. The first-order valence-electron chi connectivity index (χ1n) is 9.02. The van der Waals surface area contributed by atoms with Crippen LogP contribution in [0.1, 0.15) is 26.3 Å². The molecule has 0 unspecified atom stereocenters. The Morgan fingerprint density at radius 2 is 2.11 bits per heavy atom. The molecule has 0 saturated heterocycles. The maximum absolute atomic E-state index is 12.2. The summed E-state index contributed by atoms with van der Waals surface area (Å²) in [5, 5.41) is 0.466. The molecule has 0 bridgehead atoms. The van der Waals surface area contributed by atoms with Crippen LogP contribution in [0.15, 0.2) is 29.2 Å². The molecule has 0 radical (unpaired) electrons. The van der Waals surface area contributed by atoms with E-state index in [0.717, 1.165) is 17.7 Å². The number of aromatic nitrogens is 1. The van der Waals surface area contributed by atoms with E-state index in [-0.39, 0.29) is 17.2 Å². The van der Waals surface area contributed by atoms with Crippen molar-refractivity contribution in [3.63, 3.8) is 0 Å². The first-order valence-corrected chi connectivity index (χ1v) is 9.40. The Bertz CT molecular complexity index is 879. The Morgan fingerprint density at radius 3 is 2.81 bits per heavy atom. The molecule has 3 rings (SSSR count). The summed E-state index contributed by atoms with van der Waals surface area (Å²) in [6.07, 6.45) is 2.46. The van der Waals surface area contributed by atoms with Gasteiger partial charge in [0.2, 0.25) is 5.43 Å². The lowest BCUT2D eigenvalue weighted by atomic mass is 10.0. The number of nitrogens with zero attached hydrogens (tertiary/aromatic N) is 1. The van der Waals surface area contributed by atoms with E-state index < -0.39 is 0 Å². The quantitative estimate of drug-likeness (QED) is 0.757. The minimum atomic E-state index is -0.215. The third kappa shape index (κ3) is 4.06. The standard InChI is InChI=1S/C20H25ClN2O4/c1-12(2)17-11-27-19-9-20(26-6-4-5-25-3)14(21)7-13(19)16-8-18(24)15(22)10-23(16)17/h7-10,12,17H,4-6,11,22H2,1-3H3/t17-/m0/s1. The number of pyridine rings is 1. The van der Waals surface area contributed by atoms with Crippen molar-refractivity contribution in [2.45, 2.75) is 26.3 Å². The average molecular weight is 393 g/mol. The fraction of sp³-hybridized carbons (Fsp3) is 0.450. The molecule has 2 heterocycles. The Kier molecular flexibility index (Phi) is 5.97. The van der Waals surface area contributed by atoms with Crippen LogP contribution in [0.25, 0.3) is 11.3 Å². The van der Waals surface area contributed by atoms with Crippen LogP contribution in [0.2, 0.25) is 5.02 Å². The molecule has 146 valence electrons. The number of nitrogens with two attached hydrogens (primary N) is 1. The van der Waals surface area contributed by atoms with Gasteiger partial charge in [-0.25, -0.2) is 0 Å². The Hall–Kier alpha value is -2.18. The molecule has 0 spiro atoms. The van der Waals surface area contributed by atoms with Crippen LogP contribution in [-0.4, -0.2) is 31.5 Å². The summed E-state index contributed by atoms with van der Waals surface area (Å²) in [7, 11) is 1.65. The van der Waals surface area contributed by atoms with Gasteiger partial charge in [0.25, 0.3) is 0 Å². The van der Waals surface area contributed by atoms with Gasteiger partial charge in [0, 0.05) is 44.0 Å². The summed E-state index contributed by atoms with van der Waals surface area (Å²) in [5.74, 6) is 1.49. The van der Waals surface area contributed by atoms with Crippen LogP contribution >= 0.6 is 11.6 Å². The first kappa shape index (κ1) is 19.6. The van der Waals surface area contributed by atoms with E-state index in [1.165, 1.54) is 0 Å². The molecule has 6 nitrogen and oxygen atoms in total. The van der Waals surface area contributed by atoms with Gasteiger partial charge in [-0.15, -0.1) is 0 Å². The van der Waals surface area contributed by atoms with Gasteiger partial charge >= 0.3 is 0 Å². The number of halogens is 1. The second kappa shape index (κ2) is 8.23. The number of rotatable bonds is 6. The van der Waals surface area contributed by atoms with Crippen LogP contribution in [0, 0.1) is 5.92 Å². The van der Waals surface area contributed by atoms with Gasteiger partial charge in [-0.1, -0.05) is 25.4 Å². The summed E-state index contributed by atoms with van der Waals surface area (Å²) in [6.45, 7) is 5.80. The van der Waals surface area contributed by atoms with E-state index in [2.05, 4.69) is 13.8 Å². The van der Waals surface area contributed by atoms with E-state index in [9.17, 15) is 4.79 Å². The van der Waals surface area contributed by atoms with Gasteiger partial charge in [0.1, 0.15) is 18.1 Å². The molecule has 1 aliphatic rings. The second-order valence-corrected chi connectivity index (χ2v) is 7.39. The number of hydrogen-bond donors (Lipinski definition) is 1. The van der Waals surface area contributed by atoms with Gasteiger partial charge in [0.15, 0.2) is 0 Å². The molecule has 2 aromatic rings. The molecule has 1 aromatic heterocycles. The number of methoxy groups -OCH3 is 1. The smallest absolute Gasteiger partial charge is 0.205 e. The Balaban J connectivity index is 2.05. The van der Waals surface area contributed by atoms with Crippen LogP contribution < -0.4 is 20.6 Å². The predicted octanol–water partition coefficient (Wildman–Crippen LogP) is 3.76. The zero-order valence-corrected chi connectivity index (χ0v) is 16.6. The number of fused-ring (bicyclic) bond motifs is 3. The molecule has 0 saturated carbocycles. The summed E-state index contributed by atoms with van der Waals surface area (Å²) in [5.41, 5.74) is 7.38. The monoisotopic (exact) mass is 392 g/mol. The SMILES string of the molecule is COCCCOc1cc2c(cc1Cl)-c1cc(=O)c(N)cn1[C@H](C(C)C)CO2. The number of hydrogen-bond acceptors (Lipinski definition) is 5. The molecule has 1 atom stereocenters.